The molecule has 4 fully saturated rings. The molecule has 0 aromatic carbocycles. The van der Waals surface area contributed by atoms with Crippen molar-refractivity contribution in [2.24, 2.45) is 5.41 Å². The standard InChI is InChI=1S/C17H31N3/c1-2-10-19-12-6-16(15(19)5-1)20-11-4-8-17(14-20)7-3-9-18-13-17/h15-16,18H,1-14H2. The topological polar surface area (TPSA) is 18.5 Å². The van der Waals surface area contributed by atoms with Gasteiger partial charge in [-0.25, -0.2) is 0 Å². The highest BCUT2D eigenvalue weighted by Crippen LogP contribution is 2.39. The van der Waals surface area contributed by atoms with Crippen LogP contribution in [0.15, 0.2) is 0 Å². The summed E-state index contributed by atoms with van der Waals surface area (Å²) in [4.78, 5) is 5.71. The van der Waals surface area contributed by atoms with E-state index in [1.54, 1.807) is 0 Å². The van der Waals surface area contributed by atoms with Crippen molar-refractivity contribution in [1.29, 1.82) is 0 Å². The monoisotopic (exact) mass is 277 g/mol. The Morgan fingerprint density at radius 1 is 0.800 bits per heavy atom. The molecule has 0 aromatic heterocycles. The average Bonchev–Trinajstić information content (AvgIpc) is 2.92. The lowest BCUT2D eigenvalue weighted by Crippen LogP contribution is -2.56. The van der Waals surface area contributed by atoms with E-state index < -0.39 is 0 Å². The molecule has 3 unspecified atom stereocenters. The smallest absolute Gasteiger partial charge is 0.0263 e. The Balaban J connectivity index is 1.45. The van der Waals surface area contributed by atoms with Crippen LogP contribution in [0, 0.1) is 5.41 Å². The lowest BCUT2D eigenvalue weighted by molar-refractivity contribution is 0.0206. The maximum absolute atomic E-state index is 3.68. The number of hydrogen-bond acceptors (Lipinski definition) is 3. The minimum Gasteiger partial charge on any atom is -0.316 e. The highest BCUT2D eigenvalue weighted by Gasteiger charge is 2.43. The molecular weight excluding hydrogens is 246 g/mol. The van der Waals surface area contributed by atoms with Gasteiger partial charge in [-0.3, -0.25) is 9.80 Å². The number of nitrogens with one attached hydrogen (secondary N) is 1. The third-order valence-electron chi connectivity index (χ3n) is 6.54. The van der Waals surface area contributed by atoms with Gasteiger partial charge in [0.1, 0.15) is 0 Å². The van der Waals surface area contributed by atoms with E-state index in [-0.39, 0.29) is 0 Å². The summed E-state index contributed by atoms with van der Waals surface area (Å²) in [6.45, 7) is 8.04. The minimum atomic E-state index is 0.624. The molecule has 3 nitrogen and oxygen atoms in total. The van der Waals surface area contributed by atoms with Crippen LogP contribution in [0.1, 0.15) is 51.4 Å². The SMILES string of the molecule is C1CCN2CCC(N3CCCC4(CCCNC4)C3)C2C1. The second kappa shape index (κ2) is 5.58. The molecule has 0 radical (unpaired) electrons. The molecule has 0 aliphatic carbocycles. The van der Waals surface area contributed by atoms with Crippen molar-refractivity contribution in [2.45, 2.75) is 63.5 Å². The average molecular weight is 277 g/mol. The van der Waals surface area contributed by atoms with Gasteiger partial charge >= 0.3 is 0 Å². The van der Waals surface area contributed by atoms with Gasteiger partial charge in [0.15, 0.2) is 0 Å². The minimum absolute atomic E-state index is 0.624. The van der Waals surface area contributed by atoms with E-state index in [4.69, 9.17) is 0 Å². The summed E-state index contributed by atoms with van der Waals surface area (Å²) in [6.07, 6.45) is 11.6. The number of hydrogen-bond donors (Lipinski definition) is 1. The zero-order chi connectivity index (χ0) is 13.4. The van der Waals surface area contributed by atoms with Crippen molar-refractivity contribution < 1.29 is 0 Å². The van der Waals surface area contributed by atoms with E-state index in [0.29, 0.717) is 5.41 Å². The maximum atomic E-state index is 3.68. The molecule has 114 valence electrons. The van der Waals surface area contributed by atoms with Gasteiger partial charge in [0.25, 0.3) is 0 Å². The Morgan fingerprint density at radius 3 is 2.55 bits per heavy atom. The normalized spacial score (nSPS) is 43.8. The lowest BCUT2D eigenvalue weighted by atomic mass is 9.74. The van der Waals surface area contributed by atoms with Crippen molar-refractivity contribution in [1.82, 2.24) is 15.1 Å². The van der Waals surface area contributed by atoms with Gasteiger partial charge in [-0.15, -0.1) is 0 Å². The van der Waals surface area contributed by atoms with Crippen LogP contribution in [-0.4, -0.2) is 61.2 Å². The fourth-order valence-corrected chi connectivity index (χ4v) is 5.55. The first-order valence-corrected chi connectivity index (χ1v) is 9.05. The predicted octanol–water partition coefficient (Wildman–Crippen LogP) is 2.08. The highest BCUT2D eigenvalue weighted by molar-refractivity contribution is 5.00. The molecule has 3 heteroatoms. The molecule has 4 rings (SSSR count). The van der Waals surface area contributed by atoms with Crippen LogP contribution in [-0.2, 0) is 0 Å². The second-order valence-electron chi connectivity index (χ2n) is 7.81. The van der Waals surface area contributed by atoms with Gasteiger partial charge in [-0.2, -0.15) is 0 Å². The van der Waals surface area contributed by atoms with Crippen molar-refractivity contribution in [3.05, 3.63) is 0 Å². The van der Waals surface area contributed by atoms with Gasteiger partial charge in [0.2, 0.25) is 0 Å². The summed E-state index contributed by atoms with van der Waals surface area (Å²) in [5.41, 5.74) is 0.624. The van der Waals surface area contributed by atoms with E-state index in [9.17, 15) is 0 Å². The molecule has 4 aliphatic heterocycles. The first-order chi connectivity index (χ1) is 9.86. The van der Waals surface area contributed by atoms with Crippen LogP contribution in [0.3, 0.4) is 0 Å². The number of rotatable bonds is 1. The van der Waals surface area contributed by atoms with E-state index in [2.05, 4.69) is 15.1 Å². The summed E-state index contributed by atoms with van der Waals surface area (Å²) < 4.78 is 0. The molecular formula is C17H31N3. The van der Waals surface area contributed by atoms with Gasteiger partial charge < -0.3 is 5.32 Å². The van der Waals surface area contributed by atoms with Crippen molar-refractivity contribution in [3.8, 4) is 0 Å². The summed E-state index contributed by atoms with van der Waals surface area (Å²) in [5, 5.41) is 3.68. The predicted molar refractivity (Wildman–Crippen MR) is 83.0 cm³/mol. The largest absolute Gasteiger partial charge is 0.316 e. The number of nitrogens with zero attached hydrogens (tertiary/aromatic N) is 2. The zero-order valence-electron chi connectivity index (χ0n) is 12.9. The van der Waals surface area contributed by atoms with Crippen LogP contribution in [0.4, 0.5) is 0 Å². The first-order valence-electron chi connectivity index (χ1n) is 9.05. The molecule has 4 heterocycles. The zero-order valence-corrected chi connectivity index (χ0v) is 12.9. The van der Waals surface area contributed by atoms with Crippen LogP contribution in [0.25, 0.3) is 0 Å². The molecule has 1 spiro atoms. The molecule has 20 heavy (non-hydrogen) atoms. The van der Waals surface area contributed by atoms with E-state index >= 15 is 0 Å². The molecule has 0 bridgehead atoms. The number of likely N-dealkylation sites (tertiary alicyclic amines) is 1. The van der Waals surface area contributed by atoms with Gasteiger partial charge in [0, 0.05) is 31.7 Å². The molecule has 1 N–H and O–H groups in total. The van der Waals surface area contributed by atoms with E-state index in [0.717, 1.165) is 12.1 Å². The van der Waals surface area contributed by atoms with E-state index in [1.807, 2.05) is 0 Å². The third-order valence-corrected chi connectivity index (χ3v) is 6.54. The lowest BCUT2D eigenvalue weighted by Gasteiger charge is -2.49. The summed E-state index contributed by atoms with van der Waals surface area (Å²) in [5.74, 6) is 0. The van der Waals surface area contributed by atoms with Crippen LogP contribution in [0.5, 0.6) is 0 Å². The van der Waals surface area contributed by atoms with E-state index in [1.165, 1.54) is 90.6 Å². The maximum Gasteiger partial charge on any atom is 0.0263 e. The van der Waals surface area contributed by atoms with Crippen LogP contribution >= 0.6 is 0 Å². The Morgan fingerprint density at radius 2 is 1.65 bits per heavy atom. The quantitative estimate of drug-likeness (QED) is 0.792. The fourth-order valence-electron chi connectivity index (χ4n) is 5.55. The highest BCUT2D eigenvalue weighted by atomic mass is 15.3. The molecule has 0 saturated carbocycles. The first kappa shape index (κ1) is 13.5. The molecule has 4 saturated heterocycles. The third kappa shape index (κ3) is 2.42. The van der Waals surface area contributed by atoms with Crippen LogP contribution < -0.4 is 5.32 Å². The summed E-state index contributed by atoms with van der Waals surface area (Å²) in [7, 11) is 0. The summed E-state index contributed by atoms with van der Waals surface area (Å²) >= 11 is 0. The fraction of sp³-hybridized carbons (Fsp3) is 1.00. The van der Waals surface area contributed by atoms with Crippen molar-refractivity contribution >= 4 is 0 Å². The Bertz CT molecular complexity index is 332. The second-order valence-corrected chi connectivity index (χ2v) is 7.81. The molecule has 3 atom stereocenters. The number of fused-ring (bicyclic) bond motifs is 1. The van der Waals surface area contributed by atoms with Crippen molar-refractivity contribution in [3.63, 3.8) is 0 Å². The molecule has 4 aliphatic rings. The number of piperidine rings is 3. The van der Waals surface area contributed by atoms with Crippen LogP contribution in [0.2, 0.25) is 0 Å². The van der Waals surface area contributed by atoms with Gasteiger partial charge in [-0.1, -0.05) is 6.42 Å². The Kier molecular flexibility index (Phi) is 3.78. The molecule has 0 amide bonds. The Labute approximate surface area is 124 Å². The van der Waals surface area contributed by atoms with Crippen molar-refractivity contribution in [2.75, 3.05) is 39.3 Å². The summed E-state index contributed by atoms with van der Waals surface area (Å²) in [6, 6.07) is 1.78. The van der Waals surface area contributed by atoms with Gasteiger partial charge in [-0.05, 0) is 70.0 Å². The Hall–Kier alpha value is -0.120. The van der Waals surface area contributed by atoms with Gasteiger partial charge in [0.05, 0.1) is 0 Å². The molecule has 0 aromatic rings.